The van der Waals surface area contributed by atoms with E-state index in [4.69, 9.17) is 11.5 Å². The summed E-state index contributed by atoms with van der Waals surface area (Å²) in [7, 11) is 0. The Balaban J connectivity index is 2.67. The van der Waals surface area contributed by atoms with Crippen molar-refractivity contribution in [2.24, 2.45) is 0 Å². The zero-order valence-corrected chi connectivity index (χ0v) is 7.33. The number of terminal acetylenes is 1. The maximum atomic E-state index is 10.4. The van der Waals surface area contributed by atoms with E-state index in [1.807, 2.05) is 0 Å². The summed E-state index contributed by atoms with van der Waals surface area (Å²) in [5.41, 5.74) is -0.480. The Labute approximate surface area is 72.9 Å². The molecule has 1 aliphatic carbocycles. The lowest BCUT2D eigenvalue weighted by Crippen LogP contribution is -2.31. The predicted octanol–water partition coefficient (Wildman–Crippen LogP) is 1.48. The third kappa shape index (κ3) is 1.06. The summed E-state index contributed by atoms with van der Waals surface area (Å²) in [4.78, 5) is 10.4. The van der Waals surface area contributed by atoms with Gasteiger partial charge in [0.15, 0.2) is 0 Å². The number of carboxylic acid groups (broad SMARTS) is 1. The maximum absolute atomic E-state index is 10.4. The van der Waals surface area contributed by atoms with E-state index in [9.17, 15) is 4.79 Å². The monoisotopic (exact) mass is 251 g/mol. The number of halogens is 1. The summed E-state index contributed by atoms with van der Waals surface area (Å²) in [6.45, 7) is 0. The first-order chi connectivity index (χ1) is 4.62. The van der Waals surface area contributed by atoms with Crippen LogP contribution in [0, 0.1) is 12.3 Å². The molecule has 1 fully saturated rings. The molecule has 54 valence electrons. The van der Waals surface area contributed by atoms with Gasteiger partial charge in [-0.2, -0.15) is 0 Å². The van der Waals surface area contributed by atoms with Crippen LogP contribution in [0.5, 0.6) is 0 Å². The zero-order chi connectivity index (χ0) is 7.78. The highest BCUT2D eigenvalue weighted by Crippen LogP contribution is 2.42. The minimum absolute atomic E-state index is 0.480. The van der Waals surface area contributed by atoms with Crippen LogP contribution in [0.3, 0.4) is 0 Å². The fourth-order valence-electron chi connectivity index (χ4n) is 0.699. The fraction of sp³-hybridized carbons (Fsp3) is 0.500. The van der Waals surface area contributed by atoms with Crippen molar-refractivity contribution in [1.82, 2.24) is 3.11 Å². The molecule has 0 spiro atoms. The van der Waals surface area contributed by atoms with Crippen LogP contribution in [0.25, 0.3) is 0 Å². The summed E-state index contributed by atoms with van der Waals surface area (Å²) < 4.78 is 1.17. The van der Waals surface area contributed by atoms with Crippen molar-refractivity contribution >= 4 is 29.0 Å². The van der Waals surface area contributed by atoms with Gasteiger partial charge in [-0.15, -0.1) is 6.42 Å². The lowest BCUT2D eigenvalue weighted by atomic mass is 10.3. The summed E-state index contributed by atoms with van der Waals surface area (Å²) in [5, 5.41) is 8.51. The summed E-state index contributed by atoms with van der Waals surface area (Å²) in [6, 6.07) is 0. The highest BCUT2D eigenvalue weighted by atomic mass is 127. The topological polar surface area (TPSA) is 40.5 Å². The standard InChI is InChI=1S/C6H6INO2/c1-2-6(3-4-6)8(7)5(9)10/h1H,3-4H2,(H,9,10). The van der Waals surface area contributed by atoms with Crippen LogP contribution >= 0.6 is 22.9 Å². The number of hydrogen-bond donors (Lipinski definition) is 1. The number of amides is 1. The van der Waals surface area contributed by atoms with Gasteiger partial charge in [0.25, 0.3) is 0 Å². The number of rotatable bonds is 1. The second kappa shape index (κ2) is 2.31. The van der Waals surface area contributed by atoms with E-state index >= 15 is 0 Å². The van der Waals surface area contributed by atoms with Crippen LogP contribution in [0.2, 0.25) is 0 Å². The second-order valence-corrected chi connectivity index (χ2v) is 3.20. The Morgan fingerprint density at radius 3 is 2.40 bits per heavy atom. The van der Waals surface area contributed by atoms with Crippen molar-refractivity contribution < 1.29 is 9.90 Å². The van der Waals surface area contributed by atoms with Gasteiger partial charge >= 0.3 is 6.09 Å². The van der Waals surface area contributed by atoms with Gasteiger partial charge in [-0.1, -0.05) is 5.92 Å². The molecule has 10 heavy (non-hydrogen) atoms. The van der Waals surface area contributed by atoms with Crippen LogP contribution < -0.4 is 0 Å². The third-order valence-electron chi connectivity index (χ3n) is 1.54. The SMILES string of the molecule is C#CC1(N(I)C(=O)O)CC1. The minimum atomic E-state index is -0.962. The van der Waals surface area contributed by atoms with Gasteiger partial charge in [-0.05, 0) is 12.8 Å². The largest absolute Gasteiger partial charge is 0.464 e. The fourth-order valence-corrected chi connectivity index (χ4v) is 1.32. The summed E-state index contributed by atoms with van der Waals surface area (Å²) in [6.07, 6.45) is 5.77. The summed E-state index contributed by atoms with van der Waals surface area (Å²) >= 11 is 1.73. The molecule has 0 unspecified atom stereocenters. The van der Waals surface area contributed by atoms with Crippen molar-refractivity contribution in [1.29, 1.82) is 0 Å². The van der Waals surface area contributed by atoms with Gasteiger partial charge < -0.3 is 5.11 Å². The highest BCUT2D eigenvalue weighted by molar-refractivity contribution is 14.1. The molecule has 0 aromatic rings. The maximum Gasteiger partial charge on any atom is 0.417 e. The minimum Gasteiger partial charge on any atom is -0.464 e. The average Bonchev–Trinajstić information content (AvgIpc) is 2.66. The van der Waals surface area contributed by atoms with Gasteiger partial charge in [-0.3, -0.25) is 0 Å². The van der Waals surface area contributed by atoms with Crippen LogP contribution in [-0.2, 0) is 0 Å². The average molecular weight is 251 g/mol. The first-order valence-electron chi connectivity index (χ1n) is 2.79. The zero-order valence-electron chi connectivity index (χ0n) is 5.17. The Bertz CT molecular complexity index is 204. The molecule has 0 atom stereocenters. The van der Waals surface area contributed by atoms with Crippen LogP contribution in [-0.4, -0.2) is 19.9 Å². The second-order valence-electron chi connectivity index (χ2n) is 2.24. The molecule has 0 aliphatic heterocycles. The molecule has 0 aromatic heterocycles. The Kier molecular flexibility index (Phi) is 1.77. The highest BCUT2D eigenvalue weighted by Gasteiger charge is 2.48. The molecule has 1 N–H and O–H groups in total. The van der Waals surface area contributed by atoms with Crippen molar-refractivity contribution in [3.63, 3.8) is 0 Å². The molecule has 0 aromatic carbocycles. The molecule has 1 amide bonds. The van der Waals surface area contributed by atoms with Gasteiger partial charge in [0, 0.05) is 0 Å². The van der Waals surface area contributed by atoms with Crippen molar-refractivity contribution in [3.8, 4) is 12.3 Å². The van der Waals surface area contributed by atoms with E-state index in [0.717, 1.165) is 12.8 Å². The number of hydrogen-bond acceptors (Lipinski definition) is 1. The van der Waals surface area contributed by atoms with Crippen molar-refractivity contribution in [2.45, 2.75) is 18.4 Å². The molecule has 1 saturated carbocycles. The smallest absolute Gasteiger partial charge is 0.417 e. The van der Waals surface area contributed by atoms with E-state index < -0.39 is 11.6 Å². The molecule has 4 heteroatoms. The van der Waals surface area contributed by atoms with Crippen LogP contribution in [0.15, 0.2) is 0 Å². The van der Waals surface area contributed by atoms with Gasteiger partial charge in [0.2, 0.25) is 0 Å². The van der Waals surface area contributed by atoms with Crippen molar-refractivity contribution in [3.05, 3.63) is 0 Å². The molecular weight excluding hydrogens is 245 g/mol. The Hall–Kier alpha value is -0.440. The predicted molar refractivity (Wildman–Crippen MR) is 44.7 cm³/mol. The van der Waals surface area contributed by atoms with E-state index in [1.165, 1.54) is 3.11 Å². The lowest BCUT2D eigenvalue weighted by molar-refractivity contribution is 0.173. The molecular formula is C6H6INO2. The third-order valence-corrected chi connectivity index (χ3v) is 2.87. The van der Waals surface area contributed by atoms with Gasteiger partial charge in [0.05, 0.1) is 22.9 Å². The molecule has 0 heterocycles. The van der Waals surface area contributed by atoms with Gasteiger partial charge in [-0.25, -0.2) is 7.91 Å². The molecule has 0 bridgehead atoms. The molecule has 0 saturated heterocycles. The van der Waals surface area contributed by atoms with Crippen LogP contribution in [0.1, 0.15) is 12.8 Å². The first kappa shape index (κ1) is 7.66. The van der Waals surface area contributed by atoms with Gasteiger partial charge in [0.1, 0.15) is 5.54 Å². The van der Waals surface area contributed by atoms with E-state index in [-0.39, 0.29) is 0 Å². The Morgan fingerprint density at radius 2 is 2.30 bits per heavy atom. The normalized spacial score (nSPS) is 19.2. The van der Waals surface area contributed by atoms with E-state index in [1.54, 1.807) is 22.9 Å². The molecule has 0 radical (unpaired) electrons. The van der Waals surface area contributed by atoms with Crippen molar-refractivity contribution in [2.75, 3.05) is 0 Å². The van der Waals surface area contributed by atoms with E-state index in [0.29, 0.717) is 0 Å². The first-order valence-corrected chi connectivity index (χ1v) is 3.75. The molecule has 1 aliphatic rings. The Morgan fingerprint density at radius 1 is 1.80 bits per heavy atom. The molecule has 1 rings (SSSR count). The molecule has 3 nitrogen and oxygen atoms in total. The lowest BCUT2D eigenvalue weighted by Gasteiger charge is -2.16. The number of carbonyl (C=O) groups is 1. The summed E-state index contributed by atoms with van der Waals surface area (Å²) in [5.74, 6) is 2.47. The van der Waals surface area contributed by atoms with Crippen LogP contribution in [0.4, 0.5) is 4.79 Å². The quantitative estimate of drug-likeness (QED) is 0.435. The van der Waals surface area contributed by atoms with E-state index in [2.05, 4.69) is 5.92 Å². The number of nitrogens with zero attached hydrogens (tertiary/aromatic N) is 1.